The number of hydrogen-bond acceptors (Lipinski definition) is 3. The minimum atomic E-state index is -0.703. The van der Waals surface area contributed by atoms with Gasteiger partial charge in [0.05, 0.1) is 0 Å². The molecule has 0 bridgehead atoms. The maximum atomic E-state index is 11.9. The molecule has 4 nitrogen and oxygen atoms in total. The van der Waals surface area contributed by atoms with E-state index in [9.17, 15) is 9.59 Å². The number of amides is 2. The average molecular weight is 335 g/mol. The lowest BCUT2D eigenvalue weighted by Crippen LogP contribution is -2.35. The Bertz CT molecular complexity index is 691. The predicted octanol–water partition coefficient (Wildman–Crippen LogP) is 3.32. The summed E-state index contributed by atoms with van der Waals surface area (Å²) in [6.45, 7) is 0.205. The van der Waals surface area contributed by atoms with E-state index >= 15 is 0 Å². The molecule has 2 N–H and O–H groups in total. The van der Waals surface area contributed by atoms with Gasteiger partial charge < -0.3 is 10.6 Å². The molecule has 2 amide bonds. The minimum Gasteiger partial charge on any atom is -0.344 e. The molecule has 0 heterocycles. The van der Waals surface area contributed by atoms with Crippen LogP contribution in [0, 0.1) is 0 Å². The molecule has 0 aromatic heterocycles. The van der Waals surface area contributed by atoms with Crippen LogP contribution in [0.15, 0.2) is 53.4 Å². The van der Waals surface area contributed by atoms with Gasteiger partial charge in [-0.1, -0.05) is 35.9 Å². The number of hydrogen-bond donors (Lipinski definition) is 2. The molecular weight excluding hydrogens is 320 g/mol. The fourth-order valence-electron chi connectivity index (χ4n) is 1.79. The predicted molar refractivity (Wildman–Crippen MR) is 90.2 cm³/mol. The molecule has 114 valence electrons. The van der Waals surface area contributed by atoms with Gasteiger partial charge in [0.25, 0.3) is 0 Å². The van der Waals surface area contributed by atoms with Gasteiger partial charge in [-0.3, -0.25) is 9.59 Å². The summed E-state index contributed by atoms with van der Waals surface area (Å²) in [5, 5.41) is 5.67. The van der Waals surface area contributed by atoms with Gasteiger partial charge in [-0.2, -0.15) is 0 Å². The molecule has 0 atom stereocenters. The van der Waals surface area contributed by atoms with Crippen molar-refractivity contribution in [1.82, 2.24) is 5.32 Å². The molecule has 0 aliphatic heterocycles. The van der Waals surface area contributed by atoms with Crippen LogP contribution < -0.4 is 10.6 Å². The summed E-state index contributed by atoms with van der Waals surface area (Å²) in [4.78, 5) is 24.7. The van der Waals surface area contributed by atoms with Crippen LogP contribution in [-0.2, 0) is 16.1 Å². The highest BCUT2D eigenvalue weighted by atomic mass is 35.5. The molecular formula is C16H15ClN2O2S. The van der Waals surface area contributed by atoms with Gasteiger partial charge in [0.1, 0.15) is 0 Å². The Balaban J connectivity index is 1.92. The monoisotopic (exact) mass is 334 g/mol. The van der Waals surface area contributed by atoms with Gasteiger partial charge in [-0.05, 0) is 36.1 Å². The van der Waals surface area contributed by atoms with Crippen LogP contribution in [0.4, 0.5) is 5.69 Å². The van der Waals surface area contributed by atoms with E-state index in [1.165, 1.54) is 0 Å². The van der Waals surface area contributed by atoms with E-state index in [0.717, 1.165) is 10.5 Å². The zero-order valence-corrected chi connectivity index (χ0v) is 13.5. The number of anilines is 1. The largest absolute Gasteiger partial charge is 0.344 e. The minimum absolute atomic E-state index is 0.205. The molecule has 0 aliphatic carbocycles. The van der Waals surface area contributed by atoms with Crippen LogP contribution in [0.3, 0.4) is 0 Å². The van der Waals surface area contributed by atoms with Crippen LogP contribution in [0.2, 0.25) is 5.02 Å². The Morgan fingerprint density at radius 2 is 1.86 bits per heavy atom. The van der Waals surface area contributed by atoms with Crippen molar-refractivity contribution in [2.75, 3.05) is 11.6 Å². The third-order valence-electron chi connectivity index (χ3n) is 2.93. The van der Waals surface area contributed by atoms with Crippen molar-refractivity contribution < 1.29 is 9.59 Å². The molecule has 2 aromatic carbocycles. The maximum Gasteiger partial charge on any atom is 0.313 e. The van der Waals surface area contributed by atoms with Gasteiger partial charge in [0.2, 0.25) is 0 Å². The van der Waals surface area contributed by atoms with Crippen molar-refractivity contribution >= 4 is 40.9 Å². The summed E-state index contributed by atoms with van der Waals surface area (Å²) in [5.41, 5.74) is 1.35. The average Bonchev–Trinajstić information content (AvgIpc) is 2.54. The number of halogens is 1. The fraction of sp³-hybridized carbons (Fsp3) is 0.125. The summed E-state index contributed by atoms with van der Waals surface area (Å²) in [5.74, 6) is -1.40. The summed E-state index contributed by atoms with van der Waals surface area (Å²) in [6.07, 6.45) is 1.94. The summed E-state index contributed by atoms with van der Waals surface area (Å²) in [6, 6.07) is 14.4. The summed E-state index contributed by atoms with van der Waals surface area (Å²) >= 11 is 7.56. The Hall–Kier alpha value is -1.98. The Morgan fingerprint density at radius 1 is 1.09 bits per heavy atom. The molecule has 2 rings (SSSR count). The maximum absolute atomic E-state index is 11.9. The second-order valence-corrected chi connectivity index (χ2v) is 5.75. The second-order valence-electron chi connectivity index (χ2n) is 4.46. The number of carbonyl (C=O) groups excluding carboxylic acids is 2. The third kappa shape index (κ3) is 4.51. The third-order valence-corrected chi connectivity index (χ3v) is 4.03. The van der Waals surface area contributed by atoms with E-state index in [1.807, 2.05) is 30.5 Å². The zero-order chi connectivity index (χ0) is 15.9. The number of rotatable bonds is 4. The number of benzene rings is 2. The lowest BCUT2D eigenvalue weighted by atomic mass is 10.2. The van der Waals surface area contributed by atoms with E-state index in [4.69, 9.17) is 11.6 Å². The van der Waals surface area contributed by atoms with Crippen LogP contribution in [0.1, 0.15) is 5.56 Å². The van der Waals surface area contributed by atoms with Gasteiger partial charge in [-0.15, -0.1) is 11.8 Å². The highest BCUT2D eigenvalue weighted by molar-refractivity contribution is 7.98. The first kappa shape index (κ1) is 16.4. The molecule has 0 saturated carbocycles. The van der Waals surface area contributed by atoms with Crippen LogP contribution in [0.25, 0.3) is 0 Å². The molecule has 0 saturated heterocycles. The van der Waals surface area contributed by atoms with Gasteiger partial charge in [0.15, 0.2) is 0 Å². The smallest absolute Gasteiger partial charge is 0.313 e. The Labute approximate surface area is 138 Å². The number of nitrogens with one attached hydrogen (secondary N) is 2. The van der Waals surface area contributed by atoms with E-state index in [1.54, 1.807) is 36.0 Å². The number of thioether (sulfide) groups is 1. The molecule has 0 fully saturated rings. The van der Waals surface area contributed by atoms with Crippen LogP contribution in [-0.4, -0.2) is 18.1 Å². The zero-order valence-electron chi connectivity index (χ0n) is 11.9. The second kappa shape index (κ2) is 7.87. The molecule has 0 radical (unpaired) electrons. The summed E-state index contributed by atoms with van der Waals surface area (Å²) < 4.78 is 0. The Morgan fingerprint density at radius 3 is 2.59 bits per heavy atom. The first-order valence-corrected chi connectivity index (χ1v) is 8.17. The first-order chi connectivity index (χ1) is 10.6. The molecule has 0 aliphatic rings. The van der Waals surface area contributed by atoms with Crippen molar-refractivity contribution in [2.24, 2.45) is 0 Å². The first-order valence-electron chi connectivity index (χ1n) is 6.57. The standard InChI is InChI=1S/C16H15ClN2O2S/c1-22-13-7-4-6-12(9-13)19-16(21)15(20)18-10-11-5-2-3-8-14(11)17/h2-9H,10H2,1H3,(H,18,20)(H,19,21). The normalized spacial score (nSPS) is 10.1. The molecule has 0 unspecified atom stereocenters. The molecule has 0 spiro atoms. The van der Waals surface area contributed by atoms with Crippen molar-refractivity contribution in [3.05, 3.63) is 59.1 Å². The van der Waals surface area contributed by atoms with E-state index < -0.39 is 11.8 Å². The van der Waals surface area contributed by atoms with Crippen molar-refractivity contribution in [2.45, 2.75) is 11.4 Å². The van der Waals surface area contributed by atoms with Gasteiger partial charge >= 0.3 is 11.8 Å². The van der Waals surface area contributed by atoms with Crippen molar-refractivity contribution in [3.8, 4) is 0 Å². The lowest BCUT2D eigenvalue weighted by Gasteiger charge is -2.08. The highest BCUT2D eigenvalue weighted by Gasteiger charge is 2.14. The lowest BCUT2D eigenvalue weighted by molar-refractivity contribution is -0.136. The van der Waals surface area contributed by atoms with Crippen molar-refractivity contribution in [3.63, 3.8) is 0 Å². The van der Waals surface area contributed by atoms with E-state index in [-0.39, 0.29) is 6.54 Å². The SMILES string of the molecule is CSc1cccc(NC(=O)C(=O)NCc2ccccc2Cl)c1. The molecule has 2 aromatic rings. The molecule has 22 heavy (non-hydrogen) atoms. The molecule has 6 heteroatoms. The van der Waals surface area contributed by atoms with E-state index in [2.05, 4.69) is 10.6 Å². The van der Waals surface area contributed by atoms with Gasteiger partial charge in [0, 0.05) is 22.2 Å². The Kier molecular flexibility index (Phi) is 5.86. The number of carbonyl (C=O) groups is 2. The van der Waals surface area contributed by atoms with Crippen molar-refractivity contribution in [1.29, 1.82) is 0 Å². The van der Waals surface area contributed by atoms with Gasteiger partial charge in [-0.25, -0.2) is 0 Å². The summed E-state index contributed by atoms with van der Waals surface area (Å²) in [7, 11) is 0. The van der Waals surface area contributed by atoms with Crippen LogP contribution in [0.5, 0.6) is 0 Å². The van der Waals surface area contributed by atoms with Crippen LogP contribution >= 0.6 is 23.4 Å². The van der Waals surface area contributed by atoms with E-state index in [0.29, 0.717) is 10.7 Å². The highest BCUT2D eigenvalue weighted by Crippen LogP contribution is 2.19. The topological polar surface area (TPSA) is 58.2 Å². The quantitative estimate of drug-likeness (QED) is 0.666. The fourth-order valence-corrected chi connectivity index (χ4v) is 2.45.